The number of amides is 2. The summed E-state index contributed by atoms with van der Waals surface area (Å²) in [5, 5.41) is 7.37. The van der Waals surface area contributed by atoms with E-state index in [9.17, 15) is 14.4 Å². The van der Waals surface area contributed by atoms with Crippen LogP contribution in [0.4, 0.5) is 5.69 Å². The Bertz CT molecular complexity index is 711. The largest absolute Gasteiger partial charge is 0.469 e. The Morgan fingerprint density at radius 3 is 2.42 bits per heavy atom. The minimum absolute atomic E-state index is 0.0622. The fourth-order valence-electron chi connectivity index (χ4n) is 2.11. The smallest absolute Gasteiger partial charge is 0.307 e. The molecule has 0 aliphatic heterocycles. The number of hydrogen-bond acceptors (Lipinski definition) is 5. The van der Waals surface area contributed by atoms with Gasteiger partial charge >= 0.3 is 5.97 Å². The first-order valence-electron chi connectivity index (χ1n) is 7.28. The molecular weight excluding hydrogens is 328 g/mol. The fraction of sp³-hybridized carbons (Fsp3) is 0.235. The summed E-state index contributed by atoms with van der Waals surface area (Å²) in [7, 11) is 1.32. The van der Waals surface area contributed by atoms with Crippen molar-refractivity contribution >= 4 is 34.8 Å². The fourth-order valence-corrected chi connectivity index (χ4v) is 2.89. The molecule has 1 unspecified atom stereocenters. The summed E-state index contributed by atoms with van der Waals surface area (Å²) < 4.78 is 4.69. The zero-order valence-corrected chi connectivity index (χ0v) is 14.2. The summed E-state index contributed by atoms with van der Waals surface area (Å²) in [5.41, 5.74) is 1.05. The zero-order valence-electron chi connectivity index (χ0n) is 13.4. The molecule has 0 fully saturated rings. The molecule has 6 nitrogen and oxygen atoms in total. The van der Waals surface area contributed by atoms with Crippen LogP contribution in [0.3, 0.4) is 0 Å². The van der Waals surface area contributed by atoms with Crippen molar-refractivity contribution in [3.8, 4) is 0 Å². The van der Waals surface area contributed by atoms with E-state index in [4.69, 9.17) is 4.74 Å². The Hall–Kier alpha value is -2.67. The molecule has 1 heterocycles. The molecule has 0 aliphatic carbocycles. The number of hydrogen-bond donors (Lipinski definition) is 2. The lowest BCUT2D eigenvalue weighted by molar-refractivity contribution is -0.141. The van der Waals surface area contributed by atoms with Crippen molar-refractivity contribution in [2.45, 2.75) is 19.4 Å². The summed E-state index contributed by atoms with van der Waals surface area (Å²) >= 11 is 1.46. The van der Waals surface area contributed by atoms with Crippen LogP contribution in [0.5, 0.6) is 0 Å². The number of benzene rings is 1. The van der Waals surface area contributed by atoms with Crippen LogP contribution < -0.4 is 10.6 Å². The molecule has 1 aromatic carbocycles. The standard InChI is InChI=1S/C17H18N2O4S/c1-11(20)18-13-7-5-12(6-8-13)17(22)19-14(10-16(21)23-2)15-4-3-9-24-15/h3-9,14H,10H2,1-2H3,(H,18,20)(H,19,22). The number of nitrogens with one attached hydrogen (secondary N) is 2. The van der Waals surface area contributed by atoms with E-state index >= 15 is 0 Å². The molecule has 0 radical (unpaired) electrons. The minimum atomic E-state index is -0.444. The Morgan fingerprint density at radius 2 is 1.88 bits per heavy atom. The van der Waals surface area contributed by atoms with Crippen LogP contribution in [-0.4, -0.2) is 24.9 Å². The van der Waals surface area contributed by atoms with Gasteiger partial charge < -0.3 is 15.4 Å². The number of anilines is 1. The molecule has 126 valence electrons. The van der Waals surface area contributed by atoms with Crippen LogP contribution in [0.2, 0.25) is 0 Å². The second-order valence-corrected chi connectivity index (χ2v) is 6.06. The third-order valence-electron chi connectivity index (χ3n) is 3.26. The average Bonchev–Trinajstić information content (AvgIpc) is 3.08. The van der Waals surface area contributed by atoms with Crippen molar-refractivity contribution in [2.75, 3.05) is 12.4 Å². The average molecular weight is 346 g/mol. The Morgan fingerprint density at radius 1 is 1.17 bits per heavy atom. The molecule has 1 atom stereocenters. The first-order valence-corrected chi connectivity index (χ1v) is 8.16. The normalized spacial score (nSPS) is 11.4. The topological polar surface area (TPSA) is 84.5 Å². The molecule has 0 bridgehead atoms. The van der Waals surface area contributed by atoms with Gasteiger partial charge in [-0.15, -0.1) is 11.3 Å². The second-order valence-electron chi connectivity index (χ2n) is 5.08. The van der Waals surface area contributed by atoms with E-state index in [1.54, 1.807) is 24.3 Å². The predicted molar refractivity (Wildman–Crippen MR) is 91.9 cm³/mol. The lowest BCUT2D eigenvalue weighted by Crippen LogP contribution is -2.30. The number of esters is 1. The zero-order chi connectivity index (χ0) is 17.5. The van der Waals surface area contributed by atoms with E-state index < -0.39 is 12.0 Å². The predicted octanol–water partition coefficient (Wildman–Crippen LogP) is 2.74. The first kappa shape index (κ1) is 17.7. The van der Waals surface area contributed by atoms with Gasteiger partial charge in [-0.25, -0.2) is 0 Å². The first-order chi connectivity index (χ1) is 11.5. The molecule has 2 amide bonds. The lowest BCUT2D eigenvalue weighted by Gasteiger charge is -2.16. The van der Waals surface area contributed by atoms with Gasteiger partial charge in [0.05, 0.1) is 19.6 Å². The maximum atomic E-state index is 12.4. The molecular formula is C17H18N2O4S. The summed E-state index contributed by atoms with van der Waals surface area (Å²) in [6, 6.07) is 9.80. The Labute approximate surface area is 143 Å². The van der Waals surface area contributed by atoms with Crippen molar-refractivity contribution in [3.05, 3.63) is 52.2 Å². The van der Waals surface area contributed by atoms with Crippen LogP contribution >= 0.6 is 11.3 Å². The summed E-state index contributed by atoms with van der Waals surface area (Å²) in [6.45, 7) is 1.42. The van der Waals surface area contributed by atoms with E-state index in [-0.39, 0.29) is 18.2 Å². The highest BCUT2D eigenvalue weighted by molar-refractivity contribution is 7.10. The minimum Gasteiger partial charge on any atom is -0.469 e. The third kappa shape index (κ3) is 4.92. The molecule has 0 saturated heterocycles. The van der Waals surface area contributed by atoms with Crippen LogP contribution in [0, 0.1) is 0 Å². The van der Waals surface area contributed by atoms with E-state index in [1.807, 2.05) is 17.5 Å². The van der Waals surface area contributed by atoms with Gasteiger partial charge in [-0.1, -0.05) is 6.07 Å². The maximum Gasteiger partial charge on any atom is 0.307 e. The highest BCUT2D eigenvalue weighted by atomic mass is 32.1. The van der Waals surface area contributed by atoms with Gasteiger partial charge in [-0.2, -0.15) is 0 Å². The molecule has 0 aliphatic rings. The van der Waals surface area contributed by atoms with Gasteiger partial charge in [0.25, 0.3) is 5.91 Å². The molecule has 0 spiro atoms. The summed E-state index contributed by atoms with van der Waals surface area (Å²) in [4.78, 5) is 35.9. The highest BCUT2D eigenvalue weighted by Gasteiger charge is 2.20. The van der Waals surface area contributed by atoms with Crippen molar-refractivity contribution < 1.29 is 19.1 Å². The van der Waals surface area contributed by atoms with Crippen molar-refractivity contribution in [3.63, 3.8) is 0 Å². The molecule has 2 N–H and O–H groups in total. The Kier molecular flexibility index (Phi) is 6.08. The van der Waals surface area contributed by atoms with Crippen molar-refractivity contribution in [2.24, 2.45) is 0 Å². The van der Waals surface area contributed by atoms with E-state index in [0.29, 0.717) is 11.3 Å². The number of rotatable bonds is 6. The van der Waals surface area contributed by atoms with Crippen LogP contribution in [0.15, 0.2) is 41.8 Å². The van der Waals surface area contributed by atoms with Gasteiger partial charge in [0.1, 0.15) is 0 Å². The van der Waals surface area contributed by atoms with Crippen LogP contribution in [0.1, 0.15) is 34.6 Å². The maximum absolute atomic E-state index is 12.4. The second kappa shape index (κ2) is 8.26. The molecule has 0 saturated carbocycles. The SMILES string of the molecule is COC(=O)CC(NC(=O)c1ccc(NC(C)=O)cc1)c1cccs1. The molecule has 2 aromatic rings. The molecule has 2 rings (SSSR count). The third-order valence-corrected chi connectivity index (χ3v) is 4.24. The van der Waals surface area contributed by atoms with Gasteiger partial charge in [-0.05, 0) is 35.7 Å². The molecule has 7 heteroatoms. The molecule has 24 heavy (non-hydrogen) atoms. The highest BCUT2D eigenvalue weighted by Crippen LogP contribution is 2.23. The summed E-state index contributed by atoms with van der Waals surface area (Å²) in [6.07, 6.45) is 0.0622. The quantitative estimate of drug-likeness (QED) is 0.788. The van der Waals surface area contributed by atoms with Crippen LogP contribution in [-0.2, 0) is 14.3 Å². The lowest BCUT2D eigenvalue weighted by atomic mass is 10.1. The molecule has 1 aromatic heterocycles. The number of carbonyl (C=O) groups excluding carboxylic acids is 3. The van der Waals surface area contributed by atoms with Gasteiger partial charge in [0, 0.05) is 23.1 Å². The number of ether oxygens (including phenoxy) is 1. The Balaban J connectivity index is 2.09. The number of thiophene rings is 1. The van der Waals surface area contributed by atoms with E-state index in [0.717, 1.165) is 4.88 Å². The van der Waals surface area contributed by atoms with Gasteiger partial charge in [0.15, 0.2) is 0 Å². The van der Waals surface area contributed by atoms with E-state index in [2.05, 4.69) is 10.6 Å². The van der Waals surface area contributed by atoms with Crippen LogP contribution in [0.25, 0.3) is 0 Å². The monoisotopic (exact) mass is 346 g/mol. The van der Waals surface area contributed by atoms with Gasteiger partial charge in [-0.3, -0.25) is 14.4 Å². The van der Waals surface area contributed by atoms with Gasteiger partial charge in [0.2, 0.25) is 5.91 Å². The van der Waals surface area contributed by atoms with Crippen molar-refractivity contribution in [1.29, 1.82) is 0 Å². The summed E-state index contributed by atoms with van der Waals surface area (Å²) in [5.74, 6) is -0.871. The number of methoxy groups -OCH3 is 1. The van der Waals surface area contributed by atoms with E-state index in [1.165, 1.54) is 25.4 Å². The van der Waals surface area contributed by atoms with Crippen molar-refractivity contribution in [1.82, 2.24) is 5.32 Å². The number of carbonyl (C=O) groups is 3.